The number of hydrogen-bond donors (Lipinski definition) is 0. The summed E-state index contributed by atoms with van der Waals surface area (Å²) in [5, 5.41) is 12.0. The molecule has 2 aromatic rings. The number of benzene rings is 2. The van der Waals surface area contributed by atoms with Gasteiger partial charge in [-0.2, -0.15) is 4.31 Å². The molecule has 1 fully saturated rings. The summed E-state index contributed by atoms with van der Waals surface area (Å²) in [4.78, 5) is 60.5. The fourth-order valence-electron chi connectivity index (χ4n) is 4.80. The molecule has 0 aliphatic carbocycles. The minimum atomic E-state index is -5.13. The second-order valence-corrected chi connectivity index (χ2v) is 13.1. The molecule has 0 saturated carbocycles. The number of hydrogen-bond acceptors (Lipinski definition) is 13. The van der Waals surface area contributed by atoms with Gasteiger partial charge in [0, 0.05) is 26.8 Å². The third-order valence-corrected chi connectivity index (χ3v) is 8.38. The molecule has 2 aromatic carbocycles. The standard InChI is InChI=1S/C30H36N2O13S/c1-18(33)41-17-24-26(42-19(2)34)27(43-20(3)35)28(44-24)31(46(39,40)25-15-11-10-14-22(25)32(37)38)23(29(36)45-30(4,5)6)16-21-12-8-7-9-13-21/h7-15,23-24,26-28H,16-17H2,1-6H3/t23-,24-,26-,27+,28+/m0/s1. The zero-order valence-electron chi connectivity index (χ0n) is 26.1. The van der Waals surface area contributed by atoms with Crippen LogP contribution in [0.2, 0.25) is 0 Å². The predicted molar refractivity (Wildman–Crippen MR) is 158 cm³/mol. The SMILES string of the molecule is CC(=O)OC[C@@H]1O[C@@H](N([C@@H](Cc2ccccc2)C(=O)OC(C)(C)C)S(=O)(=O)c2ccccc2[N+](=O)[O-])[C@H](OC(C)=O)[C@H]1OC(C)=O. The Morgan fingerprint density at radius 3 is 2.02 bits per heavy atom. The summed E-state index contributed by atoms with van der Waals surface area (Å²) in [6.07, 6.45) is -6.94. The molecule has 0 amide bonds. The number of sulfonamides is 1. The Hall–Kier alpha value is -4.41. The molecule has 1 heterocycles. The number of ether oxygens (including phenoxy) is 5. The predicted octanol–water partition coefficient (Wildman–Crippen LogP) is 2.69. The lowest BCUT2D eigenvalue weighted by Gasteiger charge is -2.36. The first-order chi connectivity index (χ1) is 21.4. The van der Waals surface area contributed by atoms with E-state index in [0.717, 1.165) is 32.9 Å². The zero-order chi connectivity index (χ0) is 34.4. The molecule has 1 aliphatic rings. The lowest BCUT2D eigenvalue weighted by molar-refractivity contribution is -0.387. The molecular formula is C30H36N2O13S. The van der Waals surface area contributed by atoms with Crippen LogP contribution >= 0.6 is 0 Å². The molecule has 0 N–H and O–H groups in total. The van der Waals surface area contributed by atoms with Crippen LogP contribution in [0.5, 0.6) is 0 Å². The van der Waals surface area contributed by atoms with Crippen molar-refractivity contribution in [2.75, 3.05) is 6.61 Å². The van der Waals surface area contributed by atoms with E-state index in [1.807, 2.05) is 0 Å². The maximum Gasteiger partial charge on any atom is 0.325 e. The van der Waals surface area contributed by atoms with E-state index in [4.69, 9.17) is 23.7 Å². The molecular weight excluding hydrogens is 628 g/mol. The Balaban J connectivity index is 2.36. The number of esters is 4. The Labute approximate surface area is 265 Å². The molecule has 0 unspecified atom stereocenters. The summed E-state index contributed by atoms with van der Waals surface area (Å²) in [6, 6.07) is 10.9. The van der Waals surface area contributed by atoms with Crippen molar-refractivity contribution in [2.24, 2.45) is 0 Å². The minimum Gasteiger partial charge on any atom is -0.463 e. The van der Waals surface area contributed by atoms with Gasteiger partial charge in [-0.05, 0) is 38.8 Å². The van der Waals surface area contributed by atoms with E-state index in [9.17, 15) is 37.7 Å². The molecule has 5 atom stereocenters. The Kier molecular flexibility index (Phi) is 11.6. The molecule has 46 heavy (non-hydrogen) atoms. The minimum absolute atomic E-state index is 0.324. The van der Waals surface area contributed by atoms with Crippen LogP contribution in [0.25, 0.3) is 0 Å². The van der Waals surface area contributed by atoms with Gasteiger partial charge in [0.2, 0.25) is 0 Å². The van der Waals surface area contributed by atoms with Crippen LogP contribution in [0, 0.1) is 10.1 Å². The summed E-state index contributed by atoms with van der Waals surface area (Å²) in [6.45, 7) is 7.26. The molecule has 250 valence electrons. The van der Waals surface area contributed by atoms with E-state index in [1.165, 1.54) is 12.1 Å². The maximum absolute atomic E-state index is 14.7. The van der Waals surface area contributed by atoms with Gasteiger partial charge in [0.05, 0.1) is 4.92 Å². The summed E-state index contributed by atoms with van der Waals surface area (Å²) in [7, 11) is -5.13. The molecule has 0 bridgehead atoms. The largest absolute Gasteiger partial charge is 0.463 e. The Morgan fingerprint density at radius 1 is 0.913 bits per heavy atom. The summed E-state index contributed by atoms with van der Waals surface area (Å²) >= 11 is 0. The lowest BCUT2D eigenvalue weighted by Crippen LogP contribution is -2.57. The third kappa shape index (κ3) is 9.08. The molecule has 3 rings (SSSR count). The Morgan fingerprint density at radius 2 is 1.48 bits per heavy atom. The quantitative estimate of drug-likeness (QED) is 0.139. The van der Waals surface area contributed by atoms with Gasteiger partial charge in [0.25, 0.3) is 15.7 Å². The van der Waals surface area contributed by atoms with Crippen molar-refractivity contribution in [2.45, 2.75) is 89.0 Å². The van der Waals surface area contributed by atoms with Gasteiger partial charge < -0.3 is 23.7 Å². The van der Waals surface area contributed by atoms with Crippen LogP contribution in [-0.4, -0.2) is 84.3 Å². The zero-order valence-corrected chi connectivity index (χ0v) is 26.9. The molecule has 0 aromatic heterocycles. The van der Waals surface area contributed by atoms with Crippen molar-refractivity contribution >= 4 is 39.6 Å². The van der Waals surface area contributed by atoms with E-state index in [-0.39, 0.29) is 6.42 Å². The number of carbonyl (C=O) groups is 4. The van der Waals surface area contributed by atoms with Gasteiger partial charge in [-0.3, -0.25) is 29.3 Å². The van der Waals surface area contributed by atoms with Crippen LogP contribution in [0.4, 0.5) is 5.69 Å². The molecule has 0 radical (unpaired) electrons. The second kappa shape index (κ2) is 14.8. The van der Waals surface area contributed by atoms with E-state index >= 15 is 0 Å². The van der Waals surface area contributed by atoms with Gasteiger partial charge in [-0.25, -0.2) is 8.42 Å². The highest BCUT2D eigenvalue weighted by Gasteiger charge is 2.58. The highest BCUT2D eigenvalue weighted by atomic mass is 32.2. The maximum atomic E-state index is 14.7. The number of carbonyl (C=O) groups excluding carboxylic acids is 4. The van der Waals surface area contributed by atoms with Crippen LogP contribution < -0.4 is 0 Å². The highest BCUT2D eigenvalue weighted by molar-refractivity contribution is 7.89. The van der Waals surface area contributed by atoms with Crippen molar-refractivity contribution in [3.05, 3.63) is 70.3 Å². The number of para-hydroxylation sites is 1. The summed E-state index contributed by atoms with van der Waals surface area (Å²) in [5.74, 6) is -3.63. The van der Waals surface area contributed by atoms with Crippen LogP contribution in [0.3, 0.4) is 0 Å². The first-order valence-corrected chi connectivity index (χ1v) is 15.5. The highest BCUT2D eigenvalue weighted by Crippen LogP contribution is 2.37. The van der Waals surface area contributed by atoms with Crippen molar-refractivity contribution in [1.29, 1.82) is 0 Å². The van der Waals surface area contributed by atoms with E-state index in [1.54, 1.807) is 51.1 Å². The normalized spacial score (nSPS) is 20.4. The molecule has 1 aliphatic heterocycles. The van der Waals surface area contributed by atoms with Gasteiger partial charge in [-0.1, -0.05) is 42.5 Å². The first-order valence-electron chi connectivity index (χ1n) is 14.1. The van der Waals surface area contributed by atoms with Crippen molar-refractivity contribution in [3.63, 3.8) is 0 Å². The van der Waals surface area contributed by atoms with Gasteiger partial charge >= 0.3 is 23.9 Å². The van der Waals surface area contributed by atoms with Gasteiger partial charge in [0.1, 0.15) is 24.4 Å². The monoisotopic (exact) mass is 664 g/mol. The fraction of sp³-hybridized carbons (Fsp3) is 0.467. The van der Waals surface area contributed by atoms with E-state index < -0.39 is 92.2 Å². The summed E-state index contributed by atoms with van der Waals surface area (Å²) in [5.41, 5.74) is -1.47. The molecule has 0 spiro atoms. The number of nitro benzene ring substituents is 1. The van der Waals surface area contributed by atoms with Gasteiger partial charge in [-0.15, -0.1) is 0 Å². The number of nitrogens with zero attached hydrogens (tertiary/aromatic N) is 2. The first kappa shape index (κ1) is 36.1. The Bertz CT molecular complexity index is 1560. The van der Waals surface area contributed by atoms with Gasteiger partial charge in [0.15, 0.2) is 23.3 Å². The van der Waals surface area contributed by atoms with Crippen molar-refractivity contribution in [1.82, 2.24) is 4.31 Å². The third-order valence-electron chi connectivity index (χ3n) is 6.47. The fourth-order valence-corrected chi connectivity index (χ4v) is 6.63. The topological polar surface area (TPSA) is 195 Å². The average Bonchev–Trinajstić information content (AvgIpc) is 3.25. The van der Waals surface area contributed by atoms with Crippen LogP contribution in [-0.2, 0) is 59.3 Å². The molecule has 16 heteroatoms. The van der Waals surface area contributed by atoms with Crippen molar-refractivity contribution in [3.8, 4) is 0 Å². The van der Waals surface area contributed by atoms with Crippen LogP contribution in [0.1, 0.15) is 47.1 Å². The molecule has 15 nitrogen and oxygen atoms in total. The second-order valence-electron chi connectivity index (χ2n) is 11.3. The van der Waals surface area contributed by atoms with E-state index in [2.05, 4.69) is 0 Å². The summed E-state index contributed by atoms with van der Waals surface area (Å²) < 4.78 is 57.5. The van der Waals surface area contributed by atoms with E-state index in [0.29, 0.717) is 9.87 Å². The van der Waals surface area contributed by atoms with Crippen molar-refractivity contribution < 1.29 is 56.2 Å². The lowest BCUT2D eigenvalue weighted by atomic mass is 10.0. The molecule has 1 saturated heterocycles. The average molecular weight is 665 g/mol. The number of nitro groups is 1. The van der Waals surface area contributed by atoms with Crippen LogP contribution in [0.15, 0.2) is 59.5 Å². The number of rotatable bonds is 12. The smallest absolute Gasteiger partial charge is 0.325 e.